The van der Waals surface area contributed by atoms with E-state index in [1.54, 1.807) is 32.4 Å². The fourth-order valence-corrected chi connectivity index (χ4v) is 4.58. The van der Waals surface area contributed by atoms with Gasteiger partial charge in [-0.2, -0.15) is 0 Å². The summed E-state index contributed by atoms with van der Waals surface area (Å²) in [4.78, 5) is 17.5. The van der Waals surface area contributed by atoms with E-state index in [1.807, 2.05) is 18.2 Å². The van der Waals surface area contributed by atoms with E-state index in [0.717, 1.165) is 35.4 Å². The summed E-state index contributed by atoms with van der Waals surface area (Å²) in [6.07, 6.45) is 1.50. The molecule has 0 saturated carbocycles. The zero-order valence-electron chi connectivity index (χ0n) is 22.9. The molecule has 200 valence electrons. The lowest BCUT2D eigenvalue weighted by molar-refractivity contribution is 0.0952. The maximum absolute atomic E-state index is 12.7. The summed E-state index contributed by atoms with van der Waals surface area (Å²) in [7, 11) is 3.13. The van der Waals surface area contributed by atoms with Crippen LogP contribution in [-0.4, -0.2) is 42.8 Å². The number of aromatic nitrogens is 2. The van der Waals surface area contributed by atoms with E-state index < -0.39 is 0 Å². The Labute approximate surface area is 224 Å². The van der Waals surface area contributed by atoms with Crippen molar-refractivity contribution in [2.45, 2.75) is 46.1 Å². The summed E-state index contributed by atoms with van der Waals surface area (Å²) in [6.45, 7) is 8.23. The molecule has 0 bridgehead atoms. The first-order chi connectivity index (χ1) is 18.4. The van der Waals surface area contributed by atoms with E-state index in [0.29, 0.717) is 42.7 Å². The number of amides is 1. The minimum Gasteiger partial charge on any atom is -0.493 e. The summed E-state index contributed by atoms with van der Waals surface area (Å²) in [5.41, 5.74) is 5.00. The number of nitrogens with one attached hydrogen (secondary N) is 1. The molecule has 4 rings (SSSR count). The predicted octanol–water partition coefficient (Wildman–Crippen LogP) is 5.93. The van der Waals surface area contributed by atoms with Gasteiger partial charge >= 0.3 is 0 Å². The Morgan fingerprint density at radius 2 is 1.76 bits per heavy atom. The third-order valence-corrected chi connectivity index (χ3v) is 6.61. The molecule has 0 spiro atoms. The third kappa shape index (κ3) is 6.28. The van der Waals surface area contributed by atoms with Crippen LogP contribution in [0.2, 0.25) is 0 Å². The van der Waals surface area contributed by atoms with Gasteiger partial charge in [-0.25, -0.2) is 4.98 Å². The van der Waals surface area contributed by atoms with Crippen molar-refractivity contribution in [1.29, 1.82) is 0 Å². The van der Waals surface area contributed by atoms with Gasteiger partial charge in [0.05, 0.1) is 31.8 Å². The minimum atomic E-state index is -0.146. The molecule has 1 amide bonds. The molecule has 0 aliphatic rings. The molecule has 1 aromatic heterocycles. The van der Waals surface area contributed by atoms with E-state index >= 15 is 0 Å². The van der Waals surface area contributed by atoms with Gasteiger partial charge in [0.1, 0.15) is 18.2 Å². The van der Waals surface area contributed by atoms with Crippen LogP contribution in [0, 0.1) is 6.92 Å². The highest BCUT2D eigenvalue weighted by Gasteiger charge is 2.14. The van der Waals surface area contributed by atoms with Crippen molar-refractivity contribution in [3.8, 4) is 17.2 Å². The molecule has 0 aliphatic carbocycles. The smallest absolute Gasteiger partial charge is 0.251 e. The zero-order valence-corrected chi connectivity index (χ0v) is 22.9. The van der Waals surface area contributed by atoms with Gasteiger partial charge in [0, 0.05) is 18.5 Å². The lowest BCUT2D eigenvalue weighted by Crippen LogP contribution is -2.25. The van der Waals surface area contributed by atoms with E-state index in [4.69, 9.17) is 19.2 Å². The molecule has 0 unspecified atom stereocenters. The number of fused-ring (bicyclic) bond motifs is 1. The third-order valence-electron chi connectivity index (χ3n) is 6.61. The first kappa shape index (κ1) is 27.0. The van der Waals surface area contributed by atoms with Crippen LogP contribution in [0.3, 0.4) is 0 Å². The van der Waals surface area contributed by atoms with Crippen LogP contribution in [0.1, 0.15) is 53.5 Å². The number of benzene rings is 3. The first-order valence-corrected chi connectivity index (χ1v) is 13.1. The van der Waals surface area contributed by atoms with Crippen molar-refractivity contribution >= 4 is 16.9 Å². The molecule has 7 heteroatoms. The SMILES string of the molecule is COc1ccc(C(=O)NCCCc2nc3ccccc3n2CCOc2cc(C)ccc2C(C)C)cc1OC. The maximum Gasteiger partial charge on any atom is 0.251 e. The van der Waals surface area contributed by atoms with E-state index in [-0.39, 0.29) is 5.91 Å². The lowest BCUT2D eigenvalue weighted by Gasteiger charge is -2.16. The van der Waals surface area contributed by atoms with E-state index in [2.05, 4.69) is 54.9 Å². The fourth-order valence-electron chi connectivity index (χ4n) is 4.58. The van der Waals surface area contributed by atoms with Gasteiger partial charge in [-0.05, 0) is 66.8 Å². The van der Waals surface area contributed by atoms with Crippen molar-refractivity contribution in [1.82, 2.24) is 14.9 Å². The van der Waals surface area contributed by atoms with E-state index in [1.165, 1.54) is 11.1 Å². The number of hydrogen-bond donors (Lipinski definition) is 1. The first-order valence-electron chi connectivity index (χ1n) is 13.1. The summed E-state index contributed by atoms with van der Waals surface area (Å²) in [5.74, 6) is 3.31. The van der Waals surface area contributed by atoms with Crippen LogP contribution in [0.5, 0.6) is 17.2 Å². The number of carbonyl (C=O) groups is 1. The van der Waals surface area contributed by atoms with Crippen LogP contribution >= 0.6 is 0 Å². The average Bonchev–Trinajstić information content (AvgIpc) is 3.27. The Morgan fingerprint density at radius 3 is 2.53 bits per heavy atom. The van der Waals surface area contributed by atoms with Crippen LogP contribution < -0.4 is 19.5 Å². The number of imidazole rings is 1. The summed E-state index contributed by atoms with van der Waals surface area (Å²) in [5, 5.41) is 3.00. The standard InChI is InChI=1S/C31H37N3O4/c1-21(2)24-14-12-22(3)19-28(24)38-18-17-34-26-10-7-6-9-25(26)33-30(34)11-8-16-32-31(35)23-13-15-27(36-4)29(20-23)37-5/h6-7,9-10,12-15,19-21H,8,11,16-18H2,1-5H3,(H,32,35). The molecule has 0 radical (unpaired) electrons. The number of methoxy groups -OCH3 is 2. The van der Waals surface area contributed by atoms with Crippen molar-refractivity contribution in [3.05, 3.63) is 83.2 Å². The van der Waals surface area contributed by atoms with Crippen molar-refractivity contribution in [3.63, 3.8) is 0 Å². The molecule has 3 aromatic carbocycles. The summed E-state index contributed by atoms with van der Waals surface area (Å²) < 4.78 is 19.1. The van der Waals surface area contributed by atoms with Gasteiger partial charge in [0.25, 0.3) is 5.91 Å². The Hall–Kier alpha value is -4.00. The largest absolute Gasteiger partial charge is 0.493 e. The molecule has 0 aliphatic heterocycles. The second-order valence-electron chi connectivity index (χ2n) is 9.64. The van der Waals surface area contributed by atoms with Crippen LogP contribution in [0.15, 0.2) is 60.7 Å². The number of ether oxygens (including phenoxy) is 3. The highest BCUT2D eigenvalue weighted by molar-refractivity contribution is 5.94. The number of nitrogens with zero attached hydrogens (tertiary/aromatic N) is 2. The molecule has 0 saturated heterocycles. The van der Waals surface area contributed by atoms with Crippen molar-refractivity contribution in [2.75, 3.05) is 27.4 Å². The number of carbonyl (C=O) groups excluding carboxylic acids is 1. The van der Waals surface area contributed by atoms with Crippen molar-refractivity contribution in [2.24, 2.45) is 0 Å². The molecule has 1 heterocycles. The molecular formula is C31H37N3O4. The molecule has 7 nitrogen and oxygen atoms in total. The quantitative estimate of drug-likeness (QED) is 0.237. The Kier molecular flexibility index (Phi) is 8.89. The molecule has 38 heavy (non-hydrogen) atoms. The summed E-state index contributed by atoms with van der Waals surface area (Å²) >= 11 is 0. The molecule has 0 fully saturated rings. The predicted molar refractivity (Wildman–Crippen MR) is 151 cm³/mol. The topological polar surface area (TPSA) is 74.6 Å². The Balaban J connectivity index is 1.39. The van der Waals surface area contributed by atoms with Gasteiger partial charge < -0.3 is 24.1 Å². The monoisotopic (exact) mass is 515 g/mol. The Morgan fingerprint density at radius 1 is 0.974 bits per heavy atom. The maximum atomic E-state index is 12.7. The van der Waals surface area contributed by atoms with Gasteiger partial charge in [-0.3, -0.25) is 4.79 Å². The molecule has 1 N–H and O–H groups in total. The second kappa shape index (κ2) is 12.5. The van der Waals surface area contributed by atoms with Gasteiger partial charge in [0.15, 0.2) is 11.5 Å². The fraction of sp³-hybridized carbons (Fsp3) is 0.355. The zero-order chi connectivity index (χ0) is 27.1. The molecule has 4 aromatic rings. The molecule has 0 atom stereocenters. The second-order valence-corrected chi connectivity index (χ2v) is 9.64. The number of aryl methyl sites for hydroxylation is 2. The molecular weight excluding hydrogens is 478 g/mol. The van der Waals surface area contributed by atoms with Gasteiger partial charge in [-0.15, -0.1) is 0 Å². The van der Waals surface area contributed by atoms with Crippen molar-refractivity contribution < 1.29 is 19.0 Å². The summed E-state index contributed by atoms with van der Waals surface area (Å²) in [6, 6.07) is 19.7. The highest BCUT2D eigenvalue weighted by Crippen LogP contribution is 2.28. The number of hydrogen-bond acceptors (Lipinski definition) is 5. The minimum absolute atomic E-state index is 0.146. The highest BCUT2D eigenvalue weighted by atomic mass is 16.5. The van der Waals surface area contributed by atoms with Gasteiger partial charge in [0.2, 0.25) is 0 Å². The Bertz CT molecular complexity index is 1390. The number of rotatable bonds is 12. The van der Waals surface area contributed by atoms with Crippen LogP contribution in [0.4, 0.5) is 0 Å². The lowest BCUT2D eigenvalue weighted by atomic mass is 10.0. The number of para-hydroxylation sites is 2. The van der Waals surface area contributed by atoms with Crippen LogP contribution in [0.25, 0.3) is 11.0 Å². The normalized spacial score (nSPS) is 11.1. The van der Waals surface area contributed by atoms with Crippen LogP contribution in [-0.2, 0) is 13.0 Å². The average molecular weight is 516 g/mol. The van der Waals surface area contributed by atoms with Gasteiger partial charge in [-0.1, -0.05) is 38.1 Å². The van der Waals surface area contributed by atoms with E-state index in [9.17, 15) is 4.79 Å².